The monoisotopic (exact) mass is 351 g/mol. The lowest BCUT2D eigenvalue weighted by atomic mass is 10.0. The average molecular weight is 351 g/mol. The van der Waals surface area contributed by atoms with Crippen LogP contribution in [0.5, 0.6) is 0 Å². The third kappa shape index (κ3) is 2.44. The number of halogens is 7. The number of aromatic nitrogens is 1. The molecule has 3 rings (SSSR count). The molecular formula is C14H4F7NS. The van der Waals surface area contributed by atoms with Gasteiger partial charge in [-0.1, -0.05) is 6.07 Å². The summed E-state index contributed by atoms with van der Waals surface area (Å²) in [4.78, 5) is 3.87. The van der Waals surface area contributed by atoms with Crippen molar-refractivity contribution in [1.82, 2.24) is 4.98 Å². The first kappa shape index (κ1) is 15.7. The van der Waals surface area contributed by atoms with Crippen molar-refractivity contribution >= 4 is 21.6 Å². The highest BCUT2D eigenvalue weighted by Gasteiger charge is 2.42. The highest BCUT2D eigenvalue weighted by Crippen LogP contribution is 2.40. The van der Waals surface area contributed by atoms with Gasteiger partial charge >= 0.3 is 6.18 Å². The molecule has 23 heavy (non-hydrogen) atoms. The second-order valence-electron chi connectivity index (χ2n) is 4.54. The maximum Gasteiger partial charge on any atom is 0.422 e. The number of thiazole rings is 1. The third-order valence-electron chi connectivity index (χ3n) is 3.17. The van der Waals surface area contributed by atoms with Gasteiger partial charge in [0.05, 0.1) is 21.3 Å². The van der Waals surface area contributed by atoms with Gasteiger partial charge in [-0.15, -0.1) is 11.3 Å². The molecule has 2 aromatic carbocycles. The summed E-state index contributed by atoms with van der Waals surface area (Å²) in [5.74, 6) is -9.17. The Bertz CT molecular complexity index is 884. The topological polar surface area (TPSA) is 12.9 Å². The fourth-order valence-electron chi connectivity index (χ4n) is 2.15. The molecule has 9 heteroatoms. The molecule has 0 saturated heterocycles. The van der Waals surface area contributed by atoms with E-state index in [2.05, 4.69) is 4.98 Å². The van der Waals surface area contributed by atoms with E-state index >= 15 is 0 Å². The summed E-state index contributed by atoms with van der Waals surface area (Å²) in [5.41, 5.74) is -2.37. The van der Waals surface area contributed by atoms with E-state index in [1.54, 1.807) is 0 Å². The number of hydrogen-bond donors (Lipinski definition) is 0. The van der Waals surface area contributed by atoms with Gasteiger partial charge in [0.1, 0.15) is 5.56 Å². The van der Waals surface area contributed by atoms with E-state index in [9.17, 15) is 30.7 Å². The van der Waals surface area contributed by atoms with E-state index in [-0.39, 0.29) is 5.56 Å². The standard InChI is InChI=1S/C14H4F7NS/c15-10-8(5-1-2-7-6(3-5)22-4-23-7)11(16)13(18)9(12(10)17)14(19,20)21/h1-4H. The van der Waals surface area contributed by atoms with Crippen LogP contribution in [0.4, 0.5) is 30.7 Å². The van der Waals surface area contributed by atoms with Crippen molar-refractivity contribution in [3.63, 3.8) is 0 Å². The van der Waals surface area contributed by atoms with Crippen LogP contribution < -0.4 is 0 Å². The van der Waals surface area contributed by atoms with E-state index < -0.39 is 40.6 Å². The van der Waals surface area contributed by atoms with Crippen LogP contribution >= 0.6 is 11.3 Å². The maximum absolute atomic E-state index is 13.9. The average Bonchev–Trinajstić information content (AvgIpc) is 2.92. The molecule has 0 N–H and O–H groups in total. The molecule has 0 aliphatic heterocycles. The predicted octanol–water partition coefficient (Wildman–Crippen LogP) is 5.54. The van der Waals surface area contributed by atoms with E-state index in [4.69, 9.17) is 0 Å². The molecule has 0 radical (unpaired) electrons. The van der Waals surface area contributed by atoms with Crippen LogP contribution in [0.15, 0.2) is 23.7 Å². The zero-order chi connectivity index (χ0) is 16.9. The van der Waals surface area contributed by atoms with Gasteiger partial charge in [-0.25, -0.2) is 22.5 Å². The molecule has 0 spiro atoms. The first-order chi connectivity index (χ1) is 10.7. The van der Waals surface area contributed by atoms with Crippen molar-refractivity contribution < 1.29 is 30.7 Å². The maximum atomic E-state index is 13.9. The second kappa shape index (κ2) is 5.19. The number of fused-ring (bicyclic) bond motifs is 1. The zero-order valence-corrected chi connectivity index (χ0v) is 11.6. The van der Waals surface area contributed by atoms with Crippen molar-refractivity contribution in [3.05, 3.63) is 52.5 Å². The molecule has 0 amide bonds. The summed E-state index contributed by atoms with van der Waals surface area (Å²) in [6, 6.07) is 3.68. The van der Waals surface area contributed by atoms with Crippen LogP contribution in [0, 0.1) is 23.3 Å². The lowest BCUT2D eigenvalue weighted by Crippen LogP contribution is -2.16. The second-order valence-corrected chi connectivity index (χ2v) is 5.42. The smallest absolute Gasteiger partial charge is 0.245 e. The van der Waals surface area contributed by atoms with E-state index in [1.807, 2.05) is 0 Å². The molecule has 1 aromatic heterocycles. The Labute approximate surface area is 128 Å². The fourth-order valence-corrected chi connectivity index (χ4v) is 2.81. The molecule has 3 aromatic rings. The van der Waals surface area contributed by atoms with Crippen LogP contribution in [0.3, 0.4) is 0 Å². The fraction of sp³-hybridized carbons (Fsp3) is 0.0714. The molecule has 0 fully saturated rings. The van der Waals surface area contributed by atoms with Crippen molar-refractivity contribution in [2.45, 2.75) is 6.18 Å². The van der Waals surface area contributed by atoms with Gasteiger partial charge in [0.2, 0.25) is 0 Å². The Morgan fingerprint density at radius 2 is 1.48 bits per heavy atom. The number of benzene rings is 2. The minimum Gasteiger partial charge on any atom is -0.245 e. The Hall–Kier alpha value is -2.16. The van der Waals surface area contributed by atoms with Gasteiger partial charge in [0, 0.05) is 0 Å². The van der Waals surface area contributed by atoms with Crippen molar-refractivity contribution in [2.24, 2.45) is 0 Å². The Balaban J connectivity index is 2.32. The van der Waals surface area contributed by atoms with Gasteiger partial charge in [0.25, 0.3) is 0 Å². The Morgan fingerprint density at radius 1 is 0.870 bits per heavy atom. The third-order valence-corrected chi connectivity index (χ3v) is 3.98. The first-order valence-electron chi connectivity index (χ1n) is 5.98. The minimum absolute atomic E-state index is 0.298. The van der Waals surface area contributed by atoms with Crippen LogP contribution in [-0.2, 0) is 6.18 Å². The summed E-state index contributed by atoms with van der Waals surface area (Å²) < 4.78 is 93.4. The van der Waals surface area contributed by atoms with Crippen molar-refractivity contribution in [3.8, 4) is 11.1 Å². The number of alkyl halides is 3. The largest absolute Gasteiger partial charge is 0.422 e. The lowest BCUT2D eigenvalue weighted by Gasteiger charge is -2.14. The molecule has 0 atom stereocenters. The number of rotatable bonds is 1. The molecule has 0 unspecified atom stereocenters. The van der Waals surface area contributed by atoms with Crippen LogP contribution in [-0.4, -0.2) is 4.98 Å². The Kier molecular flexibility index (Phi) is 3.55. The number of nitrogens with zero attached hydrogens (tertiary/aromatic N) is 1. The van der Waals surface area contributed by atoms with Crippen LogP contribution in [0.1, 0.15) is 5.56 Å². The van der Waals surface area contributed by atoms with Crippen molar-refractivity contribution in [1.29, 1.82) is 0 Å². The Morgan fingerprint density at radius 3 is 2.04 bits per heavy atom. The normalized spacial score (nSPS) is 12.1. The minimum atomic E-state index is -5.56. The first-order valence-corrected chi connectivity index (χ1v) is 6.86. The van der Waals surface area contributed by atoms with Crippen LogP contribution in [0.2, 0.25) is 0 Å². The highest BCUT2D eigenvalue weighted by molar-refractivity contribution is 7.16. The molecule has 0 aliphatic carbocycles. The van der Waals surface area contributed by atoms with E-state index in [1.165, 1.54) is 22.9 Å². The molecule has 0 saturated carbocycles. The van der Waals surface area contributed by atoms with Gasteiger partial charge in [-0.3, -0.25) is 0 Å². The quantitative estimate of drug-likeness (QED) is 0.414. The summed E-state index contributed by atoms with van der Waals surface area (Å²) in [5, 5.41) is 0. The molecular weight excluding hydrogens is 347 g/mol. The predicted molar refractivity (Wildman–Crippen MR) is 69.9 cm³/mol. The lowest BCUT2D eigenvalue weighted by molar-refractivity contribution is -0.143. The van der Waals surface area contributed by atoms with Gasteiger partial charge in [0.15, 0.2) is 23.3 Å². The number of hydrogen-bond acceptors (Lipinski definition) is 2. The highest BCUT2D eigenvalue weighted by atomic mass is 32.1. The molecule has 1 heterocycles. The summed E-state index contributed by atoms with van der Waals surface area (Å²) in [6.07, 6.45) is -5.56. The molecule has 120 valence electrons. The van der Waals surface area contributed by atoms with Gasteiger partial charge < -0.3 is 0 Å². The van der Waals surface area contributed by atoms with E-state index in [0.717, 1.165) is 12.1 Å². The summed E-state index contributed by atoms with van der Waals surface area (Å²) >= 11 is 1.22. The SMILES string of the molecule is Fc1c(F)c(C(F)(F)F)c(F)c(F)c1-c1ccc2scnc2c1. The zero-order valence-electron chi connectivity index (χ0n) is 10.8. The molecule has 0 bridgehead atoms. The summed E-state index contributed by atoms with van der Waals surface area (Å²) in [6.45, 7) is 0. The van der Waals surface area contributed by atoms with E-state index in [0.29, 0.717) is 10.2 Å². The van der Waals surface area contributed by atoms with Gasteiger partial charge in [-0.05, 0) is 17.7 Å². The molecule has 0 aliphatic rings. The van der Waals surface area contributed by atoms with Crippen LogP contribution in [0.25, 0.3) is 21.3 Å². The van der Waals surface area contributed by atoms with Crippen molar-refractivity contribution in [2.75, 3.05) is 0 Å². The molecule has 1 nitrogen and oxygen atoms in total. The van der Waals surface area contributed by atoms with Gasteiger partial charge in [-0.2, -0.15) is 13.2 Å². The summed E-state index contributed by atoms with van der Waals surface area (Å²) in [7, 11) is 0.